The standard InChI is InChI=1S/C11H12BrClFNO2/c1-17-11(16)9(13)6-15-5-7-2-3-10(14)8(12)4-7/h2-4,9,15H,5-6H2,1H3. The van der Waals surface area contributed by atoms with Gasteiger partial charge in [-0.25, -0.2) is 4.39 Å². The van der Waals surface area contributed by atoms with Gasteiger partial charge in [0.05, 0.1) is 11.6 Å². The van der Waals surface area contributed by atoms with Gasteiger partial charge in [-0.3, -0.25) is 4.79 Å². The minimum atomic E-state index is -0.719. The second kappa shape index (κ2) is 6.93. The molecule has 94 valence electrons. The Kier molecular flexibility index (Phi) is 5.88. The second-order valence-corrected chi connectivity index (χ2v) is 4.75. The van der Waals surface area contributed by atoms with Gasteiger partial charge in [-0.15, -0.1) is 11.6 Å². The van der Waals surface area contributed by atoms with Gasteiger partial charge in [0.15, 0.2) is 0 Å². The van der Waals surface area contributed by atoms with Crippen LogP contribution in [0.5, 0.6) is 0 Å². The fourth-order valence-electron chi connectivity index (χ4n) is 1.20. The highest BCUT2D eigenvalue weighted by Crippen LogP contribution is 2.16. The molecule has 0 radical (unpaired) electrons. The quantitative estimate of drug-likeness (QED) is 0.668. The van der Waals surface area contributed by atoms with Crippen LogP contribution in [0.15, 0.2) is 22.7 Å². The Labute approximate surface area is 112 Å². The zero-order valence-electron chi connectivity index (χ0n) is 9.17. The van der Waals surface area contributed by atoms with Crippen LogP contribution >= 0.6 is 27.5 Å². The van der Waals surface area contributed by atoms with Crippen molar-refractivity contribution in [3.8, 4) is 0 Å². The van der Waals surface area contributed by atoms with Gasteiger partial charge in [0.2, 0.25) is 0 Å². The van der Waals surface area contributed by atoms with E-state index in [9.17, 15) is 9.18 Å². The number of ether oxygens (including phenoxy) is 1. The van der Waals surface area contributed by atoms with E-state index >= 15 is 0 Å². The van der Waals surface area contributed by atoms with Crippen LogP contribution in [0, 0.1) is 5.82 Å². The molecule has 0 aliphatic rings. The number of esters is 1. The molecule has 0 bridgehead atoms. The third-order valence-corrected chi connectivity index (χ3v) is 3.03. The van der Waals surface area contributed by atoms with Gasteiger partial charge in [-0.1, -0.05) is 6.07 Å². The van der Waals surface area contributed by atoms with Gasteiger partial charge in [0, 0.05) is 13.1 Å². The zero-order valence-corrected chi connectivity index (χ0v) is 11.5. The summed E-state index contributed by atoms with van der Waals surface area (Å²) in [4.78, 5) is 11.0. The van der Waals surface area contributed by atoms with E-state index in [2.05, 4.69) is 26.0 Å². The number of alkyl halides is 1. The van der Waals surface area contributed by atoms with Gasteiger partial charge in [-0.05, 0) is 33.6 Å². The summed E-state index contributed by atoms with van der Waals surface area (Å²) in [6, 6.07) is 4.71. The SMILES string of the molecule is COC(=O)C(Cl)CNCc1ccc(F)c(Br)c1. The first kappa shape index (κ1) is 14.4. The highest BCUT2D eigenvalue weighted by Gasteiger charge is 2.14. The van der Waals surface area contributed by atoms with Crippen molar-refractivity contribution < 1.29 is 13.9 Å². The molecule has 1 rings (SSSR count). The van der Waals surface area contributed by atoms with Crippen LogP contribution in [0.1, 0.15) is 5.56 Å². The number of hydrogen-bond donors (Lipinski definition) is 1. The Morgan fingerprint density at radius 3 is 2.94 bits per heavy atom. The summed E-state index contributed by atoms with van der Waals surface area (Å²) in [5.41, 5.74) is 0.895. The summed E-state index contributed by atoms with van der Waals surface area (Å²) < 4.78 is 17.8. The highest BCUT2D eigenvalue weighted by molar-refractivity contribution is 9.10. The number of rotatable bonds is 5. The summed E-state index contributed by atoms with van der Waals surface area (Å²) in [5, 5.41) is 2.27. The number of nitrogens with one attached hydrogen (secondary N) is 1. The van der Waals surface area contributed by atoms with Crippen LogP contribution < -0.4 is 5.32 Å². The zero-order chi connectivity index (χ0) is 12.8. The molecule has 0 aromatic heterocycles. The van der Waals surface area contributed by atoms with Crippen molar-refractivity contribution in [1.29, 1.82) is 0 Å². The molecular weight excluding hydrogens is 312 g/mol. The van der Waals surface area contributed by atoms with Crippen LogP contribution in [0.2, 0.25) is 0 Å². The van der Waals surface area contributed by atoms with E-state index in [1.165, 1.54) is 13.2 Å². The van der Waals surface area contributed by atoms with E-state index in [1.54, 1.807) is 12.1 Å². The largest absolute Gasteiger partial charge is 0.468 e. The van der Waals surface area contributed by atoms with Crippen LogP contribution in [-0.4, -0.2) is 25.0 Å². The van der Waals surface area contributed by atoms with Gasteiger partial charge >= 0.3 is 5.97 Å². The van der Waals surface area contributed by atoms with Crippen LogP contribution in [0.4, 0.5) is 4.39 Å². The fourth-order valence-corrected chi connectivity index (χ4v) is 1.83. The Bertz CT molecular complexity index is 403. The van der Waals surface area contributed by atoms with E-state index in [4.69, 9.17) is 11.6 Å². The smallest absolute Gasteiger partial charge is 0.325 e. The summed E-state index contributed by atoms with van der Waals surface area (Å²) in [5.74, 6) is -0.780. The van der Waals surface area contributed by atoms with Crippen LogP contribution in [0.25, 0.3) is 0 Å². The van der Waals surface area contributed by atoms with E-state index in [-0.39, 0.29) is 5.82 Å². The third kappa shape index (κ3) is 4.61. The molecule has 0 aliphatic carbocycles. The molecule has 0 spiro atoms. The van der Waals surface area contributed by atoms with Gasteiger partial charge in [0.25, 0.3) is 0 Å². The summed E-state index contributed by atoms with van der Waals surface area (Å²) >= 11 is 8.85. The normalized spacial score (nSPS) is 12.2. The molecule has 6 heteroatoms. The molecule has 1 N–H and O–H groups in total. The molecule has 0 fully saturated rings. The monoisotopic (exact) mass is 323 g/mol. The Morgan fingerprint density at radius 1 is 1.65 bits per heavy atom. The maximum Gasteiger partial charge on any atom is 0.325 e. The predicted molar refractivity (Wildman–Crippen MR) is 67.5 cm³/mol. The Morgan fingerprint density at radius 2 is 2.35 bits per heavy atom. The maximum absolute atomic E-state index is 13.0. The second-order valence-electron chi connectivity index (χ2n) is 3.37. The molecule has 1 aromatic rings. The first-order valence-corrected chi connectivity index (χ1v) is 6.14. The topological polar surface area (TPSA) is 38.3 Å². The average molecular weight is 325 g/mol. The van der Waals surface area contributed by atoms with Crippen molar-refractivity contribution >= 4 is 33.5 Å². The van der Waals surface area contributed by atoms with Crippen molar-refractivity contribution in [2.75, 3.05) is 13.7 Å². The van der Waals surface area contributed by atoms with Gasteiger partial charge < -0.3 is 10.1 Å². The third-order valence-electron chi connectivity index (χ3n) is 2.09. The lowest BCUT2D eigenvalue weighted by molar-refractivity contribution is -0.140. The summed E-state index contributed by atoms with van der Waals surface area (Å²) in [6.45, 7) is 0.794. The number of carbonyl (C=O) groups is 1. The molecule has 17 heavy (non-hydrogen) atoms. The fraction of sp³-hybridized carbons (Fsp3) is 0.364. The van der Waals surface area contributed by atoms with Crippen LogP contribution in [-0.2, 0) is 16.1 Å². The molecule has 1 unspecified atom stereocenters. The number of methoxy groups -OCH3 is 1. The minimum Gasteiger partial charge on any atom is -0.468 e. The highest BCUT2D eigenvalue weighted by atomic mass is 79.9. The van der Waals surface area contributed by atoms with Gasteiger partial charge in [0.1, 0.15) is 11.2 Å². The molecule has 0 aliphatic heterocycles. The maximum atomic E-state index is 13.0. The molecule has 0 saturated carbocycles. The van der Waals surface area contributed by atoms with Crippen molar-refractivity contribution in [3.05, 3.63) is 34.1 Å². The number of halogens is 3. The summed E-state index contributed by atoms with van der Waals surface area (Å²) in [6.07, 6.45) is 0. The molecule has 1 aromatic carbocycles. The molecule has 0 saturated heterocycles. The predicted octanol–water partition coefficient (Wildman–Crippen LogP) is 2.46. The van der Waals surface area contributed by atoms with Crippen molar-refractivity contribution in [3.63, 3.8) is 0 Å². The molecule has 1 atom stereocenters. The average Bonchev–Trinajstić information content (AvgIpc) is 2.32. The number of benzene rings is 1. The first-order chi connectivity index (χ1) is 8.04. The van der Waals surface area contributed by atoms with E-state index in [0.29, 0.717) is 17.6 Å². The number of hydrogen-bond acceptors (Lipinski definition) is 3. The van der Waals surface area contributed by atoms with Crippen LogP contribution in [0.3, 0.4) is 0 Å². The van der Waals surface area contributed by atoms with E-state index < -0.39 is 11.3 Å². The molecule has 0 amide bonds. The van der Waals surface area contributed by atoms with Gasteiger partial charge in [-0.2, -0.15) is 0 Å². The molecule has 3 nitrogen and oxygen atoms in total. The molecular formula is C11H12BrClFNO2. The lowest BCUT2D eigenvalue weighted by Gasteiger charge is -2.09. The Balaban J connectivity index is 2.40. The minimum absolute atomic E-state index is 0.295. The first-order valence-electron chi connectivity index (χ1n) is 4.91. The lowest BCUT2D eigenvalue weighted by atomic mass is 10.2. The van der Waals surface area contributed by atoms with Crippen molar-refractivity contribution in [2.45, 2.75) is 11.9 Å². The number of carbonyl (C=O) groups excluding carboxylic acids is 1. The lowest BCUT2D eigenvalue weighted by Crippen LogP contribution is -2.29. The summed E-state index contributed by atoms with van der Waals surface area (Å²) in [7, 11) is 1.29. The van der Waals surface area contributed by atoms with E-state index in [1.807, 2.05) is 0 Å². The van der Waals surface area contributed by atoms with Crippen molar-refractivity contribution in [1.82, 2.24) is 5.32 Å². The van der Waals surface area contributed by atoms with E-state index in [0.717, 1.165) is 5.56 Å². The molecule has 0 heterocycles. The van der Waals surface area contributed by atoms with Crippen molar-refractivity contribution in [2.24, 2.45) is 0 Å². The Hall–Kier alpha value is -0.650.